The molecule has 1 aliphatic carbocycles. The second-order valence-electron chi connectivity index (χ2n) is 20.6. The lowest BCUT2D eigenvalue weighted by molar-refractivity contribution is 0.291. The molecule has 0 aliphatic heterocycles. The molecule has 0 spiro atoms. The fourth-order valence-corrected chi connectivity index (χ4v) is 12.2. The van der Waals surface area contributed by atoms with Crippen molar-refractivity contribution in [1.29, 1.82) is 0 Å². The predicted octanol–water partition coefficient (Wildman–Crippen LogP) is 10.8. The van der Waals surface area contributed by atoms with E-state index >= 15 is 0 Å². The first-order chi connectivity index (χ1) is 34.6. The zero-order valence-electron chi connectivity index (χ0n) is 41.8. The van der Waals surface area contributed by atoms with Crippen LogP contribution in [0.3, 0.4) is 0 Å². The summed E-state index contributed by atoms with van der Waals surface area (Å²) in [5, 5.41) is 109. The molecule has 1 aliphatic rings. The van der Waals surface area contributed by atoms with Gasteiger partial charge >= 0.3 is 0 Å². The smallest absolute Gasteiger partial charge is 0.206 e. The molecule has 3 aromatic heterocycles. The Hall–Kier alpha value is -7.02. The topological polar surface area (TPSA) is 241 Å². The summed E-state index contributed by atoms with van der Waals surface area (Å²) in [6, 6.07) is 16.5. The van der Waals surface area contributed by atoms with Crippen molar-refractivity contribution in [1.82, 2.24) is 9.35 Å². The summed E-state index contributed by atoms with van der Waals surface area (Å²) in [6.07, 6.45) is 8.57. The highest BCUT2D eigenvalue weighted by molar-refractivity contribution is 7.14. The minimum Gasteiger partial charge on any atom is -0.507 e. The predicted molar refractivity (Wildman–Crippen MR) is 289 cm³/mol. The van der Waals surface area contributed by atoms with Crippen LogP contribution in [0.5, 0.6) is 51.7 Å². The minimum absolute atomic E-state index is 0.0567. The molecule has 4 aromatic carbocycles. The van der Waals surface area contributed by atoms with Crippen molar-refractivity contribution in [3.63, 3.8) is 0 Å². The summed E-state index contributed by atoms with van der Waals surface area (Å²) in [6.45, 7) is 14.5. The lowest BCUT2D eigenvalue weighted by atomic mass is 9.74. The first-order valence-corrected chi connectivity index (χ1v) is 26.7. The van der Waals surface area contributed by atoms with Gasteiger partial charge < -0.3 is 46.0 Å². The SMILES string of the molecule is Cc1csc(=NC2CCCC(CC(C)N=c3scc(-c4cc(CC(C)(C)c5cc(Cc6ccc(O)c(O)c6)cc(C(C)(C)C)c5O)cs4)n3/N=C/c3ccc(O)c(O)c3O)C2)n1/N=C/c1ccc(O)c(O)c1O. The van der Waals surface area contributed by atoms with Gasteiger partial charge in [-0.3, -0.25) is 9.98 Å². The number of thiophene rings is 1. The van der Waals surface area contributed by atoms with Gasteiger partial charge in [-0.25, -0.2) is 9.35 Å². The van der Waals surface area contributed by atoms with Gasteiger partial charge in [-0.1, -0.05) is 65.7 Å². The van der Waals surface area contributed by atoms with E-state index in [4.69, 9.17) is 15.1 Å². The van der Waals surface area contributed by atoms with Gasteiger partial charge in [0, 0.05) is 27.5 Å². The first kappa shape index (κ1) is 52.3. The molecule has 3 unspecified atom stereocenters. The van der Waals surface area contributed by atoms with Gasteiger partial charge in [0.1, 0.15) is 5.75 Å². The van der Waals surface area contributed by atoms with Crippen molar-refractivity contribution in [2.75, 3.05) is 0 Å². The normalized spacial score (nSPS) is 16.6. The van der Waals surface area contributed by atoms with E-state index in [0.717, 1.165) is 76.2 Å². The number of nitrogens with zero attached hydrogens (tertiary/aromatic N) is 6. The van der Waals surface area contributed by atoms with E-state index in [0.29, 0.717) is 28.4 Å². The average molecular weight is 1050 g/mol. The number of hydrogen-bond acceptors (Lipinski definition) is 16. The van der Waals surface area contributed by atoms with E-state index in [1.54, 1.807) is 32.8 Å². The highest BCUT2D eigenvalue weighted by atomic mass is 32.1. The van der Waals surface area contributed by atoms with Crippen molar-refractivity contribution >= 4 is 46.4 Å². The van der Waals surface area contributed by atoms with Crippen molar-refractivity contribution < 1.29 is 46.0 Å². The fourth-order valence-electron chi connectivity index (χ4n) is 9.38. The molecule has 18 heteroatoms. The zero-order chi connectivity index (χ0) is 52.5. The molecule has 73 heavy (non-hydrogen) atoms. The molecular formula is C55H62N6O9S3. The number of phenols is 9. The van der Waals surface area contributed by atoms with Crippen LogP contribution in [0.15, 0.2) is 97.0 Å². The maximum absolute atomic E-state index is 11.9. The first-order valence-electron chi connectivity index (χ1n) is 24.0. The standard InChI is InChI=1S/C55H62N6O9S3/c1-30(17-32-9-8-10-38(19-32)59-53-60(31(2)27-72-53)56-25-36-12-15-43(63)50(69)47(36)66)58-52-61(57-26-37-13-16-44(64)51(70)48(37)67)41(29-73-52)46-23-35(28-71-46)24-55(6,7)40-21-34(20-39(49(40)68)54(3,4)5)18-33-11-14-42(62)45(65)22-33/h11-16,20-23,25-30,32,38,62-70H,8-10,17-19,24H2,1-7H3/b56-25+,57-26+,58-52?,59-53?. The Kier molecular flexibility index (Phi) is 15.2. The molecule has 3 heterocycles. The van der Waals surface area contributed by atoms with E-state index in [1.165, 1.54) is 65.4 Å². The Morgan fingerprint density at radius 1 is 0.630 bits per heavy atom. The second-order valence-corrected chi connectivity index (χ2v) is 23.2. The number of hydrogen-bond donors (Lipinski definition) is 9. The van der Waals surface area contributed by atoms with Crippen molar-refractivity contribution in [2.24, 2.45) is 26.1 Å². The van der Waals surface area contributed by atoms with Crippen molar-refractivity contribution in [2.45, 2.75) is 116 Å². The average Bonchev–Trinajstić information content (AvgIpc) is 4.06. The monoisotopic (exact) mass is 1050 g/mol. The summed E-state index contributed by atoms with van der Waals surface area (Å²) in [5.74, 6) is -2.85. The molecule has 8 rings (SSSR count). The number of benzene rings is 4. The number of rotatable bonds is 14. The molecule has 1 fully saturated rings. The van der Waals surface area contributed by atoms with Gasteiger partial charge in [0.2, 0.25) is 21.1 Å². The van der Waals surface area contributed by atoms with Crippen LogP contribution in [-0.2, 0) is 23.7 Å². The summed E-state index contributed by atoms with van der Waals surface area (Å²) in [5.41, 5.74) is 5.66. The molecule has 0 bridgehead atoms. The van der Waals surface area contributed by atoms with E-state index < -0.39 is 39.9 Å². The van der Waals surface area contributed by atoms with Gasteiger partial charge in [-0.2, -0.15) is 10.2 Å². The van der Waals surface area contributed by atoms with Crippen molar-refractivity contribution in [3.05, 3.63) is 131 Å². The third-order valence-corrected chi connectivity index (χ3v) is 16.0. The molecule has 9 N–H and O–H groups in total. The highest BCUT2D eigenvalue weighted by Gasteiger charge is 2.31. The summed E-state index contributed by atoms with van der Waals surface area (Å²) in [7, 11) is 0. The van der Waals surface area contributed by atoms with E-state index in [1.807, 2.05) is 29.8 Å². The van der Waals surface area contributed by atoms with Crippen LogP contribution in [0.1, 0.15) is 118 Å². The van der Waals surface area contributed by atoms with Crippen LogP contribution in [0.2, 0.25) is 0 Å². The molecule has 15 nitrogen and oxygen atoms in total. The number of phenolic OH excluding ortho intramolecular Hbond substituents is 9. The van der Waals surface area contributed by atoms with Gasteiger partial charge in [-0.15, -0.1) is 34.0 Å². The van der Waals surface area contributed by atoms with E-state index in [2.05, 4.69) is 58.1 Å². The summed E-state index contributed by atoms with van der Waals surface area (Å²) >= 11 is 4.48. The van der Waals surface area contributed by atoms with Crippen LogP contribution < -0.4 is 9.60 Å². The van der Waals surface area contributed by atoms with Crippen LogP contribution in [0.4, 0.5) is 0 Å². The molecular weight excluding hydrogens is 985 g/mol. The van der Waals surface area contributed by atoms with Crippen LogP contribution in [-0.4, -0.2) is 79.8 Å². The van der Waals surface area contributed by atoms with Crippen molar-refractivity contribution in [3.8, 4) is 62.3 Å². The maximum Gasteiger partial charge on any atom is 0.206 e. The van der Waals surface area contributed by atoms with E-state index in [-0.39, 0.29) is 45.9 Å². The van der Waals surface area contributed by atoms with E-state index in [9.17, 15) is 46.0 Å². The molecule has 0 radical (unpaired) electrons. The zero-order valence-corrected chi connectivity index (χ0v) is 44.2. The number of thiazole rings is 2. The van der Waals surface area contributed by atoms with Gasteiger partial charge in [0.25, 0.3) is 0 Å². The molecule has 7 aromatic rings. The van der Waals surface area contributed by atoms with Gasteiger partial charge in [0.05, 0.1) is 40.8 Å². The van der Waals surface area contributed by atoms with Crippen LogP contribution >= 0.6 is 34.0 Å². The molecule has 384 valence electrons. The lowest BCUT2D eigenvalue weighted by Gasteiger charge is -2.31. The minimum atomic E-state index is -0.640. The quantitative estimate of drug-likeness (QED) is 0.0371. The molecule has 1 saturated carbocycles. The third-order valence-electron chi connectivity index (χ3n) is 13.2. The largest absolute Gasteiger partial charge is 0.507 e. The Labute approximate surface area is 435 Å². The highest BCUT2D eigenvalue weighted by Crippen LogP contribution is 2.44. The number of aromatic hydroxyl groups is 9. The Morgan fingerprint density at radius 2 is 1.26 bits per heavy atom. The lowest BCUT2D eigenvalue weighted by Crippen LogP contribution is -2.25. The molecule has 0 amide bonds. The Balaban J connectivity index is 1.06. The number of aryl methyl sites for hydroxylation is 1. The fraction of sp³-hybridized carbons (Fsp3) is 0.345. The summed E-state index contributed by atoms with van der Waals surface area (Å²) < 4.78 is 3.45. The number of aromatic nitrogens is 2. The molecule has 3 atom stereocenters. The molecule has 0 saturated heterocycles. The Morgan fingerprint density at radius 3 is 1.92 bits per heavy atom. The third kappa shape index (κ3) is 11.8. The summed E-state index contributed by atoms with van der Waals surface area (Å²) in [4.78, 5) is 12.6. The second kappa shape index (κ2) is 21.2. The van der Waals surface area contributed by atoms with Gasteiger partial charge in [0.15, 0.2) is 34.5 Å². The maximum atomic E-state index is 11.9. The van der Waals surface area contributed by atoms with Gasteiger partial charge in [-0.05, 0) is 133 Å². The van der Waals surface area contributed by atoms with Crippen LogP contribution in [0, 0.1) is 12.8 Å². The Bertz CT molecular complexity index is 3370. The van der Waals surface area contributed by atoms with Crippen LogP contribution in [0.25, 0.3) is 10.6 Å².